The number of hydrogen-bond acceptors (Lipinski definition) is 3. The molecule has 1 aromatic carbocycles. The molecule has 3 nitrogen and oxygen atoms in total. The van der Waals surface area contributed by atoms with Crippen LogP contribution in [0.3, 0.4) is 0 Å². The van der Waals surface area contributed by atoms with Crippen molar-refractivity contribution in [1.29, 1.82) is 0 Å². The first kappa shape index (κ1) is 10.9. The van der Waals surface area contributed by atoms with Crippen LogP contribution >= 0.6 is 0 Å². The lowest BCUT2D eigenvalue weighted by Crippen LogP contribution is -2.17. The van der Waals surface area contributed by atoms with Crippen molar-refractivity contribution in [3.8, 4) is 11.5 Å². The van der Waals surface area contributed by atoms with Gasteiger partial charge in [0.05, 0.1) is 7.11 Å². The maximum atomic E-state index is 9.35. The fourth-order valence-corrected chi connectivity index (χ4v) is 1.34. The molecule has 78 valence electrons. The van der Waals surface area contributed by atoms with E-state index in [0.29, 0.717) is 5.92 Å². The molecule has 0 fully saturated rings. The van der Waals surface area contributed by atoms with Crippen LogP contribution in [0.4, 0.5) is 0 Å². The molecule has 0 spiro atoms. The molecular weight excluding hydrogens is 178 g/mol. The van der Waals surface area contributed by atoms with Crippen LogP contribution < -0.4 is 10.5 Å². The van der Waals surface area contributed by atoms with Crippen molar-refractivity contribution in [2.45, 2.75) is 19.9 Å². The van der Waals surface area contributed by atoms with E-state index in [0.717, 1.165) is 11.3 Å². The Morgan fingerprint density at radius 3 is 2.50 bits per heavy atom. The van der Waals surface area contributed by atoms with Gasteiger partial charge in [-0.25, -0.2) is 0 Å². The smallest absolute Gasteiger partial charge is 0.123 e. The minimum absolute atomic E-state index is 0.114. The molecule has 14 heavy (non-hydrogen) atoms. The van der Waals surface area contributed by atoms with Gasteiger partial charge in [0.2, 0.25) is 0 Å². The number of ether oxygens (including phenoxy) is 1. The van der Waals surface area contributed by atoms with Crippen LogP contribution in [0.2, 0.25) is 0 Å². The van der Waals surface area contributed by atoms with Crippen molar-refractivity contribution in [3.05, 3.63) is 23.8 Å². The first-order valence-electron chi connectivity index (χ1n) is 4.68. The van der Waals surface area contributed by atoms with Crippen molar-refractivity contribution in [2.24, 2.45) is 11.7 Å². The van der Waals surface area contributed by atoms with Crippen LogP contribution in [-0.2, 0) is 0 Å². The first-order chi connectivity index (χ1) is 6.56. The van der Waals surface area contributed by atoms with E-state index in [1.165, 1.54) is 0 Å². The standard InChI is InChI=1S/C11H17NO2/c1-7(2)11(12)9-6-8(13)4-5-10(9)14-3/h4-7,11,13H,12H2,1-3H3/t11-/m1/s1. The highest BCUT2D eigenvalue weighted by Gasteiger charge is 2.15. The van der Waals surface area contributed by atoms with Gasteiger partial charge in [-0.05, 0) is 24.1 Å². The van der Waals surface area contributed by atoms with E-state index in [4.69, 9.17) is 10.5 Å². The summed E-state index contributed by atoms with van der Waals surface area (Å²) in [7, 11) is 1.60. The molecule has 0 saturated carbocycles. The highest BCUT2D eigenvalue weighted by Crippen LogP contribution is 2.30. The highest BCUT2D eigenvalue weighted by molar-refractivity contribution is 5.41. The van der Waals surface area contributed by atoms with Gasteiger partial charge in [-0.3, -0.25) is 0 Å². The summed E-state index contributed by atoms with van der Waals surface area (Å²) in [4.78, 5) is 0. The van der Waals surface area contributed by atoms with Gasteiger partial charge in [0.25, 0.3) is 0 Å². The van der Waals surface area contributed by atoms with Crippen molar-refractivity contribution >= 4 is 0 Å². The lowest BCUT2D eigenvalue weighted by Gasteiger charge is -2.19. The summed E-state index contributed by atoms with van der Waals surface area (Å²) in [6.45, 7) is 4.07. The Labute approximate surface area is 84.5 Å². The fraction of sp³-hybridized carbons (Fsp3) is 0.455. The van der Waals surface area contributed by atoms with Crippen LogP contribution in [0, 0.1) is 5.92 Å². The number of aromatic hydroxyl groups is 1. The van der Waals surface area contributed by atoms with E-state index >= 15 is 0 Å². The molecule has 0 saturated heterocycles. The molecule has 0 aliphatic carbocycles. The molecule has 1 aromatic rings. The molecule has 3 N–H and O–H groups in total. The Kier molecular flexibility index (Phi) is 3.36. The molecule has 1 rings (SSSR count). The van der Waals surface area contributed by atoms with E-state index in [9.17, 15) is 5.11 Å². The van der Waals surface area contributed by atoms with Gasteiger partial charge in [-0.2, -0.15) is 0 Å². The summed E-state index contributed by atoms with van der Waals surface area (Å²) in [5.74, 6) is 1.26. The van der Waals surface area contributed by atoms with Gasteiger partial charge in [0.15, 0.2) is 0 Å². The second-order valence-corrected chi connectivity index (χ2v) is 3.70. The van der Waals surface area contributed by atoms with E-state index < -0.39 is 0 Å². The summed E-state index contributed by atoms with van der Waals surface area (Å²) in [5, 5.41) is 9.35. The van der Waals surface area contributed by atoms with Crippen LogP contribution in [0.5, 0.6) is 11.5 Å². The maximum Gasteiger partial charge on any atom is 0.123 e. The van der Waals surface area contributed by atoms with Gasteiger partial charge < -0.3 is 15.6 Å². The zero-order valence-electron chi connectivity index (χ0n) is 8.82. The third-order valence-corrected chi connectivity index (χ3v) is 2.29. The Morgan fingerprint density at radius 2 is 2.00 bits per heavy atom. The molecule has 0 aliphatic heterocycles. The molecule has 0 bridgehead atoms. The molecule has 0 aromatic heterocycles. The Hall–Kier alpha value is -1.22. The predicted octanol–water partition coefficient (Wildman–Crippen LogP) is 2.06. The molecule has 0 amide bonds. The topological polar surface area (TPSA) is 55.5 Å². The van der Waals surface area contributed by atoms with E-state index in [1.807, 2.05) is 13.8 Å². The SMILES string of the molecule is COc1ccc(O)cc1[C@H](N)C(C)C. The fourth-order valence-electron chi connectivity index (χ4n) is 1.34. The number of nitrogens with two attached hydrogens (primary N) is 1. The summed E-state index contributed by atoms with van der Waals surface area (Å²) < 4.78 is 5.18. The van der Waals surface area contributed by atoms with Crippen molar-refractivity contribution in [1.82, 2.24) is 0 Å². The lowest BCUT2D eigenvalue weighted by atomic mass is 9.96. The number of phenols is 1. The summed E-state index contributed by atoms with van der Waals surface area (Å²) >= 11 is 0. The van der Waals surface area contributed by atoms with Crippen molar-refractivity contribution in [3.63, 3.8) is 0 Å². The van der Waals surface area contributed by atoms with Crippen LogP contribution in [0.25, 0.3) is 0 Å². The quantitative estimate of drug-likeness (QED) is 0.776. The third kappa shape index (κ3) is 2.17. The van der Waals surface area contributed by atoms with Gasteiger partial charge in [0, 0.05) is 11.6 Å². The Balaban J connectivity index is 3.10. The average Bonchev–Trinajstić information content (AvgIpc) is 2.16. The Bertz CT molecular complexity index is 310. The van der Waals surface area contributed by atoms with Gasteiger partial charge in [-0.1, -0.05) is 13.8 Å². The number of methoxy groups -OCH3 is 1. The Morgan fingerprint density at radius 1 is 1.36 bits per heavy atom. The van der Waals surface area contributed by atoms with Crippen molar-refractivity contribution < 1.29 is 9.84 Å². The van der Waals surface area contributed by atoms with E-state index in [2.05, 4.69) is 0 Å². The monoisotopic (exact) mass is 195 g/mol. The second kappa shape index (κ2) is 4.33. The molecule has 0 radical (unpaired) electrons. The molecule has 0 unspecified atom stereocenters. The van der Waals surface area contributed by atoms with Crippen LogP contribution in [-0.4, -0.2) is 12.2 Å². The first-order valence-corrected chi connectivity index (χ1v) is 4.68. The number of hydrogen-bond donors (Lipinski definition) is 2. The second-order valence-electron chi connectivity index (χ2n) is 3.70. The zero-order chi connectivity index (χ0) is 10.7. The minimum atomic E-state index is -0.114. The molecular formula is C11H17NO2. The number of benzene rings is 1. The van der Waals surface area contributed by atoms with Crippen LogP contribution in [0.1, 0.15) is 25.5 Å². The summed E-state index contributed by atoms with van der Waals surface area (Å²) in [6.07, 6.45) is 0. The number of phenolic OH excluding ortho intramolecular Hbond substituents is 1. The maximum absolute atomic E-state index is 9.35. The molecule has 1 atom stereocenters. The molecule has 3 heteroatoms. The number of rotatable bonds is 3. The highest BCUT2D eigenvalue weighted by atomic mass is 16.5. The largest absolute Gasteiger partial charge is 0.508 e. The minimum Gasteiger partial charge on any atom is -0.508 e. The van der Waals surface area contributed by atoms with Crippen LogP contribution in [0.15, 0.2) is 18.2 Å². The van der Waals surface area contributed by atoms with Gasteiger partial charge >= 0.3 is 0 Å². The van der Waals surface area contributed by atoms with E-state index in [1.54, 1.807) is 25.3 Å². The van der Waals surface area contributed by atoms with Crippen molar-refractivity contribution in [2.75, 3.05) is 7.11 Å². The lowest BCUT2D eigenvalue weighted by molar-refractivity contribution is 0.393. The zero-order valence-corrected chi connectivity index (χ0v) is 8.82. The van der Waals surface area contributed by atoms with E-state index in [-0.39, 0.29) is 11.8 Å². The van der Waals surface area contributed by atoms with Gasteiger partial charge in [0.1, 0.15) is 11.5 Å². The average molecular weight is 195 g/mol. The summed E-state index contributed by atoms with van der Waals surface area (Å²) in [6, 6.07) is 4.86. The van der Waals surface area contributed by atoms with Gasteiger partial charge in [-0.15, -0.1) is 0 Å². The predicted molar refractivity (Wildman–Crippen MR) is 56.4 cm³/mol. The normalized spacial score (nSPS) is 12.9. The molecule has 0 heterocycles. The third-order valence-electron chi connectivity index (χ3n) is 2.29. The summed E-state index contributed by atoms with van der Waals surface area (Å²) in [5.41, 5.74) is 6.84. The molecule has 0 aliphatic rings.